The van der Waals surface area contributed by atoms with Crippen LogP contribution in [0.15, 0.2) is 54.6 Å². The monoisotopic (exact) mass is 283 g/mol. The summed E-state index contributed by atoms with van der Waals surface area (Å²) in [5.74, 6) is 0.923. The van der Waals surface area contributed by atoms with E-state index < -0.39 is 0 Å². The van der Waals surface area contributed by atoms with Crippen LogP contribution in [-0.2, 0) is 13.2 Å². The van der Waals surface area contributed by atoms with Gasteiger partial charge in [0.25, 0.3) is 0 Å². The second kappa shape index (κ2) is 6.07. The first-order chi connectivity index (χ1) is 9.85. The average Bonchev–Trinajstić information content (AvgIpc) is 2.93. The molecule has 0 unspecified atom stereocenters. The van der Waals surface area contributed by atoms with Crippen LogP contribution in [0.4, 0.5) is 0 Å². The molecule has 3 rings (SSSR count). The third kappa shape index (κ3) is 3.00. The molecule has 1 heterocycles. The summed E-state index contributed by atoms with van der Waals surface area (Å²) >= 11 is 1.79. The summed E-state index contributed by atoms with van der Waals surface area (Å²) in [5.41, 5.74) is 0. The first-order valence-corrected chi connectivity index (χ1v) is 7.50. The van der Waals surface area contributed by atoms with Crippen molar-refractivity contribution in [3.05, 3.63) is 64.4 Å². The predicted octanol–water partition coefficient (Wildman–Crippen LogP) is 4.20. The molecule has 0 saturated carbocycles. The fraction of sp³-hybridized carbons (Fsp3) is 0.176. The standard InChI is InChI=1S/C17H17NOS/c1-18-11-16-8-9-17(20-16)12-19-15-7-6-13-4-2-3-5-14(13)10-15/h2-10,18H,11-12H2,1H3. The fourth-order valence-electron chi connectivity index (χ4n) is 2.18. The van der Waals surface area contributed by atoms with Gasteiger partial charge in [0.1, 0.15) is 12.4 Å². The molecule has 1 aromatic heterocycles. The van der Waals surface area contributed by atoms with Gasteiger partial charge in [-0.25, -0.2) is 0 Å². The number of rotatable bonds is 5. The van der Waals surface area contributed by atoms with Gasteiger partial charge < -0.3 is 10.1 Å². The van der Waals surface area contributed by atoms with E-state index in [1.807, 2.05) is 13.1 Å². The van der Waals surface area contributed by atoms with E-state index in [9.17, 15) is 0 Å². The number of ether oxygens (including phenoxy) is 1. The lowest BCUT2D eigenvalue weighted by Crippen LogP contribution is -2.02. The number of benzene rings is 2. The molecule has 102 valence electrons. The summed E-state index contributed by atoms with van der Waals surface area (Å²) in [5, 5.41) is 5.62. The molecule has 0 radical (unpaired) electrons. The molecule has 0 amide bonds. The summed E-state index contributed by atoms with van der Waals surface area (Å²) in [7, 11) is 1.96. The Morgan fingerprint density at radius 3 is 2.60 bits per heavy atom. The van der Waals surface area contributed by atoms with E-state index in [0.717, 1.165) is 12.3 Å². The molecule has 3 aromatic rings. The molecule has 0 spiro atoms. The highest BCUT2D eigenvalue weighted by molar-refractivity contribution is 7.11. The molecule has 0 aliphatic rings. The topological polar surface area (TPSA) is 21.3 Å². The fourth-order valence-corrected chi connectivity index (χ4v) is 3.12. The van der Waals surface area contributed by atoms with E-state index in [2.05, 4.69) is 53.8 Å². The average molecular weight is 283 g/mol. The minimum atomic E-state index is 0.632. The lowest BCUT2D eigenvalue weighted by molar-refractivity contribution is 0.310. The van der Waals surface area contributed by atoms with Crippen molar-refractivity contribution in [1.29, 1.82) is 0 Å². The van der Waals surface area contributed by atoms with Gasteiger partial charge in [0.15, 0.2) is 0 Å². The minimum Gasteiger partial charge on any atom is -0.488 e. The first-order valence-electron chi connectivity index (χ1n) is 6.69. The van der Waals surface area contributed by atoms with E-state index in [4.69, 9.17) is 4.74 Å². The van der Waals surface area contributed by atoms with Crippen LogP contribution in [0.5, 0.6) is 5.75 Å². The van der Waals surface area contributed by atoms with Gasteiger partial charge in [0.2, 0.25) is 0 Å². The Morgan fingerprint density at radius 1 is 0.950 bits per heavy atom. The number of hydrogen-bond donors (Lipinski definition) is 1. The molecule has 0 bridgehead atoms. The summed E-state index contributed by atoms with van der Waals surface area (Å²) in [6, 6.07) is 18.8. The summed E-state index contributed by atoms with van der Waals surface area (Å²) in [6.07, 6.45) is 0. The molecule has 0 saturated heterocycles. The van der Waals surface area contributed by atoms with Crippen LogP contribution >= 0.6 is 11.3 Å². The molecular formula is C17H17NOS. The van der Waals surface area contributed by atoms with Crippen LogP contribution in [0.25, 0.3) is 10.8 Å². The van der Waals surface area contributed by atoms with Crippen LogP contribution in [0.1, 0.15) is 9.75 Å². The van der Waals surface area contributed by atoms with E-state index in [-0.39, 0.29) is 0 Å². The molecule has 0 fully saturated rings. The van der Waals surface area contributed by atoms with Crippen molar-refractivity contribution < 1.29 is 4.74 Å². The van der Waals surface area contributed by atoms with Gasteiger partial charge in [-0.2, -0.15) is 0 Å². The van der Waals surface area contributed by atoms with Crippen LogP contribution in [-0.4, -0.2) is 7.05 Å². The summed E-state index contributed by atoms with van der Waals surface area (Å²) in [6.45, 7) is 1.55. The Balaban J connectivity index is 1.69. The van der Waals surface area contributed by atoms with Gasteiger partial charge in [0.05, 0.1) is 0 Å². The number of thiophene rings is 1. The van der Waals surface area contributed by atoms with Crippen molar-refractivity contribution in [1.82, 2.24) is 5.32 Å². The van der Waals surface area contributed by atoms with Crippen molar-refractivity contribution in [3.63, 3.8) is 0 Å². The molecule has 20 heavy (non-hydrogen) atoms. The van der Waals surface area contributed by atoms with Crippen LogP contribution in [0, 0.1) is 0 Å². The van der Waals surface area contributed by atoms with Gasteiger partial charge in [-0.1, -0.05) is 30.3 Å². The number of nitrogens with one attached hydrogen (secondary N) is 1. The van der Waals surface area contributed by atoms with E-state index in [1.54, 1.807) is 11.3 Å². The Labute approximate surface area is 123 Å². The van der Waals surface area contributed by atoms with Gasteiger partial charge in [-0.05, 0) is 42.1 Å². The van der Waals surface area contributed by atoms with Crippen molar-refractivity contribution in [2.45, 2.75) is 13.2 Å². The van der Waals surface area contributed by atoms with E-state index in [0.29, 0.717) is 6.61 Å². The number of fused-ring (bicyclic) bond motifs is 1. The zero-order valence-corrected chi connectivity index (χ0v) is 12.2. The smallest absolute Gasteiger partial charge is 0.122 e. The van der Waals surface area contributed by atoms with Gasteiger partial charge in [0, 0.05) is 16.3 Å². The second-order valence-corrected chi connectivity index (χ2v) is 5.95. The zero-order valence-electron chi connectivity index (χ0n) is 11.4. The van der Waals surface area contributed by atoms with Crippen molar-refractivity contribution >= 4 is 22.1 Å². The highest BCUT2D eigenvalue weighted by atomic mass is 32.1. The van der Waals surface area contributed by atoms with Crippen LogP contribution < -0.4 is 10.1 Å². The van der Waals surface area contributed by atoms with Crippen molar-refractivity contribution in [2.24, 2.45) is 0 Å². The molecule has 2 aromatic carbocycles. The van der Waals surface area contributed by atoms with E-state index in [1.165, 1.54) is 20.5 Å². The van der Waals surface area contributed by atoms with Crippen molar-refractivity contribution in [3.8, 4) is 5.75 Å². The largest absolute Gasteiger partial charge is 0.488 e. The normalized spacial score (nSPS) is 10.8. The Hall–Kier alpha value is -1.84. The molecule has 0 atom stereocenters. The van der Waals surface area contributed by atoms with Gasteiger partial charge >= 0.3 is 0 Å². The SMILES string of the molecule is CNCc1ccc(COc2ccc3ccccc3c2)s1. The van der Waals surface area contributed by atoms with E-state index >= 15 is 0 Å². The highest BCUT2D eigenvalue weighted by Gasteiger charge is 2.01. The van der Waals surface area contributed by atoms with Crippen LogP contribution in [0.2, 0.25) is 0 Å². The molecular weight excluding hydrogens is 266 g/mol. The maximum atomic E-state index is 5.88. The Kier molecular flexibility index (Phi) is 4.00. The second-order valence-electron chi connectivity index (χ2n) is 4.70. The number of hydrogen-bond acceptors (Lipinski definition) is 3. The maximum Gasteiger partial charge on any atom is 0.122 e. The highest BCUT2D eigenvalue weighted by Crippen LogP contribution is 2.23. The summed E-state index contributed by atoms with van der Waals surface area (Å²) in [4.78, 5) is 2.59. The Bertz CT molecular complexity index is 705. The molecule has 1 N–H and O–H groups in total. The lowest BCUT2D eigenvalue weighted by Gasteiger charge is -2.06. The minimum absolute atomic E-state index is 0.632. The first kappa shape index (κ1) is 13.2. The zero-order chi connectivity index (χ0) is 13.8. The van der Waals surface area contributed by atoms with Crippen LogP contribution in [0.3, 0.4) is 0 Å². The predicted molar refractivity (Wildman–Crippen MR) is 85.4 cm³/mol. The molecule has 2 nitrogen and oxygen atoms in total. The molecule has 3 heteroatoms. The quantitative estimate of drug-likeness (QED) is 0.757. The third-order valence-electron chi connectivity index (χ3n) is 3.17. The summed E-state index contributed by atoms with van der Waals surface area (Å²) < 4.78 is 5.88. The molecule has 0 aliphatic carbocycles. The van der Waals surface area contributed by atoms with Gasteiger partial charge in [-0.15, -0.1) is 11.3 Å². The third-order valence-corrected chi connectivity index (χ3v) is 4.23. The molecule has 0 aliphatic heterocycles. The maximum absolute atomic E-state index is 5.88. The lowest BCUT2D eigenvalue weighted by atomic mass is 10.1. The van der Waals surface area contributed by atoms with Gasteiger partial charge in [-0.3, -0.25) is 0 Å². The van der Waals surface area contributed by atoms with Crippen molar-refractivity contribution in [2.75, 3.05) is 7.05 Å². The Morgan fingerprint density at radius 2 is 1.75 bits per heavy atom.